The van der Waals surface area contributed by atoms with Gasteiger partial charge >= 0.3 is 0 Å². The molecule has 3 aromatic rings. The van der Waals surface area contributed by atoms with Crippen LogP contribution in [0.4, 0.5) is 8.78 Å². The molecule has 4 nitrogen and oxygen atoms in total. The summed E-state index contributed by atoms with van der Waals surface area (Å²) in [6.07, 6.45) is 3.99. The van der Waals surface area contributed by atoms with Gasteiger partial charge in [0.2, 0.25) is 0 Å². The van der Waals surface area contributed by atoms with Crippen molar-refractivity contribution in [2.45, 2.75) is 6.10 Å². The van der Waals surface area contributed by atoms with Gasteiger partial charge in [0, 0.05) is 39.3 Å². The van der Waals surface area contributed by atoms with Gasteiger partial charge in [0.05, 0.1) is 13.7 Å². The van der Waals surface area contributed by atoms with Crippen LogP contribution in [-0.2, 0) is 4.74 Å². The van der Waals surface area contributed by atoms with Crippen molar-refractivity contribution in [1.82, 2.24) is 9.80 Å². The lowest BCUT2D eigenvalue weighted by Crippen LogP contribution is -2.47. The molecule has 35 heavy (non-hydrogen) atoms. The molecule has 4 rings (SSSR count). The molecule has 1 aliphatic rings. The first kappa shape index (κ1) is 25.0. The summed E-state index contributed by atoms with van der Waals surface area (Å²) >= 11 is 0. The quantitative estimate of drug-likeness (QED) is 0.389. The van der Waals surface area contributed by atoms with Gasteiger partial charge in [-0.15, -0.1) is 0 Å². The Labute approximate surface area is 206 Å². The third-order valence-corrected chi connectivity index (χ3v) is 6.29. The Balaban J connectivity index is 1.23. The van der Waals surface area contributed by atoms with Gasteiger partial charge in [0.1, 0.15) is 23.5 Å². The molecular weight excluding hydrogens is 446 g/mol. The van der Waals surface area contributed by atoms with E-state index in [-0.39, 0.29) is 17.7 Å². The van der Waals surface area contributed by atoms with Crippen molar-refractivity contribution in [2.24, 2.45) is 0 Å². The normalized spacial score (nSPS) is 15.2. The van der Waals surface area contributed by atoms with E-state index in [0.717, 1.165) is 56.1 Å². The summed E-state index contributed by atoms with van der Waals surface area (Å²) in [6, 6.07) is 20.7. The molecule has 1 heterocycles. The van der Waals surface area contributed by atoms with Crippen molar-refractivity contribution >= 4 is 6.08 Å². The lowest BCUT2D eigenvalue weighted by atomic mass is 10.0. The Morgan fingerprint density at radius 3 is 1.86 bits per heavy atom. The second-order valence-corrected chi connectivity index (χ2v) is 8.67. The summed E-state index contributed by atoms with van der Waals surface area (Å²) < 4.78 is 38.3. The first-order valence-electron chi connectivity index (χ1n) is 12.0. The van der Waals surface area contributed by atoms with E-state index in [9.17, 15) is 8.78 Å². The van der Waals surface area contributed by atoms with Crippen LogP contribution >= 0.6 is 0 Å². The van der Waals surface area contributed by atoms with Crippen LogP contribution < -0.4 is 4.74 Å². The van der Waals surface area contributed by atoms with Crippen molar-refractivity contribution in [3.63, 3.8) is 0 Å². The maximum atomic E-state index is 13.4. The summed E-state index contributed by atoms with van der Waals surface area (Å²) in [5, 5.41) is 0. The molecule has 0 atom stereocenters. The average molecular weight is 479 g/mol. The van der Waals surface area contributed by atoms with Crippen molar-refractivity contribution in [1.29, 1.82) is 0 Å². The van der Waals surface area contributed by atoms with Gasteiger partial charge in [-0.3, -0.25) is 9.80 Å². The molecule has 6 heteroatoms. The highest BCUT2D eigenvalue weighted by Crippen LogP contribution is 2.26. The van der Waals surface area contributed by atoms with Gasteiger partial charge in [-0.1, -0.05) is 48.6 Å². The summed E-state index contributed by atoms with van der Waals surface area (Å²) in [5.74, 6) is 0.288. The molecule has 0 N–H and O–H groups in total. The van der Waals surface area contributed by atoms with Crippen LogP contribution in [0.3, 0.4) is 0 Å². The highest BCUT2D eigenvalue weighted by Gasteiger charge is 2.18. The third kappa shape index (κ3) is 7.46. The van der Waals surface area contributed by atoms with E-state index < -0.39 is 0 Å². The van der Waals surface area contributed by atoms with Crippen molar-refractivity contribution in [3.05, 3.63) is 107 Å². The summed E-state index contributed by atoms with van der Waals surface area (Å²) in [7, 11) is 1.67. The molecule has 0 bridgehead atoms. The highest BCUT2D eigenvalue weighted by molar-refractivity contribution is 5.50. The largest absolute Gasteiger partial charge is 0.497 e. The second-order valence-electron chi connectivity index (χ2n) is 8.67. The minimum Gasteiger partial charge on any atom is -0.497 e. The molecule has 0 unspecified atom stereocenters. The molecule has 0 saturated carbocycles. The topological polar surface area (TPSA) is 24.9 Å². The van der Waals surface area contributed by atoms with Crippen LogP contribution in [0.25, 0.3) is 6.08 Å². The molecule has 184 valence electrons. The number of nitrogens with zero attached hydrogens (tertiary/aromatic N) is 2. The molecule has 1 saturated heterocycles. The highest BCUT2D eigenvalue weighted by atomic mass is 19.1. The first-order valence-corrected chi connectivity index (χ1v) is 12.0. The summed E-state index contributed by atoms with van der Waals surface area (Å²) in [6.45, 7) is 6.26. The number of methoxy groups -OCH3 is 1. The predicted molar refractivity (Wildman–Crippen MR) is 136 cm³/mol. The Morgan fingerprint density at radius 1 is 0.771 bits per heavy atom. The van der Waals surface area contributed by atoms with E-state index in [1.54, 1.807) is 31.4 Å². The molecule has 0 aromatic heterocycles. The lowest BCUT2D eigenvalue weighted by Gasteiger charge is -2.34. The van der Waals surface area contributed by atoms with E-state index >= 15 is 0 Å². The summed E-state index contributed by atoms with van der Waals surface area (Å²) in [5.41, 5.74) is 2.87. The second kappa shape index (κ2) is 12.6. The molecule has 0 spiro atoms. The van der Waals surface area contributed by atoms with Gasteiger partial charge in [-0.2, -0.15) is 0 Å². The van der Waals surface area contributed by atoms with Crippen LogP contribution in [0.15, 0.2) is 78.9 Å². The maximum Gasteiger partial charge on any atom is 0.123 e. The predicted octanol–water partition coefficient (Wildman–Crippen LogP) is 5.41. The van der Waals surface area contributed by atoms with Gasteiger partial charge < -0.3 is 9.47 Å². The average Bonchev–Trinajstić information content (AvgIpc) is 2.89. The van der Waals surface area contributed by atoms with Gasteiger partial charge in [-0.25, -0.2) is 8.78 Å². The zero-order valence-corrected chi connectivity index (χ0v) is 20.1. The van der Waals surface area contributed by atoms with Crippen LogP contribution in [-0.4, -0.2) is 62.8 Å². The minimum atomic E-state index is -0.361. The fraction of sp³-hybridized carbons (Fsp3) is 0.310. The lowest BCUT2D eigenvalue weighted by molar-refractivity contribution is 0.0467. The zero-order valence-electron chi connectivity index (χ0n) is 20.1. The number of hydrogen-bond acceptors (Lipinski definition) is 4. The number of ether oxygens (including phenoxy) is 2. The Morgan fingerprint density at radius 2 is 1.31 bits per heavy atom. The molecule has 1 fully saturated rings. The molecule has 1 aliphatic heterocycles. The van der Waals surface area contributed by atoms with Crippen molar-refractivity contribution in [2.75, 3.05) is 53.0 Å². The summed E-state index contributed by atoms with van der Waals surface area (Å²) in [4.78, 5) is 4.84. The van der Waals surface area contributed by atoms with E-state index in [4.69, 9.17) is 9.47 Å². The van der Waals surface area contributed by atoms with Gasteiger partial charge in [-0.05, 0) is 53.1 Å². The monoisotopic (exact) mass is 478 g/mol. The fourth-order valence-electron chi connectivity index (χ4n) is 4.21. The van der Waals surface area contributed by atoms with E-state index in [1.165, 1.54) is 29.8 Å². The first-order chi connectivity index (χ1) is 17.1. The molecule has 0 aliphatic carbocycles. The van der Waals surface area contributed by atoms with E-state index in [0.29, 0.717) is 6.61 Å². The Bertz CT molecular complexity index is 1020. The smallest absolute Gasteiger partial charge is 0.123 e. The SMILES string of the molecule is COc1ccc(/C=C/CN2CCN(CCOC(c3ccc(F)cc3)c3ccc(F)cc3)CC2)cc1. The zero-order chi connectivity index (χ0) is 24.5. The van der Waals surface area contributed by atoms with E-state index in [1.807, 2.05) is 12.1 Å². The van der Waals surface area contributed by atoms with Crippen LogP contribution in [0.1, 0.15) is 22.8 Å². The van der Waals surface area contributed by atoms with Gasteiger partial charge in [0.25, 0.3) is 0 Å². The number of rotatable bonds is 10. The third-order valence-electron chi connectivity index (χ3n) is 6.29. The number of piperazine rings is 1. The maximum absolute atomic E-state index is 13.4. The van der Waals surface area contributed by atoms with Crippen LogP contribution in [0, 0.1) is 11.6 Å². The van der Waals surface area contributed by atoms with E-state index in [2.05, 4.69) is 34.1 Å². The number of halogens is 2. The van der Waals surface area contributed by atoms with Gasteiger partial charge in [0.15, 0.2) is 0 Å². The fourth-order valence-corrected chi connectivity index (χ4v) is 4.21. The van der Waals surface area contributed by atoms with Crippen LogP contribution in [0.2, 0.25) is 0 Å². The molecule has 0 amide bonds. The van der Waals surface area contributed by atoms with Crippen molar-refractivity contribution in [3.8, 4) is 5.75 Å². The Kier molecular flexibility index (Phi) is 9.01. The molecular formula is C29H32F2N2O2. The molecule has 3 aromatic carbocycles. The van der Waals surface area contributed by atoms with Crippen LogP contribution in [0.5, 0.6) is 5.75 Å². The number of hydrogen-bond donors (Lipinski definition) is 0. The van der Waals surface area contributed by atoms with Crippen molar-refractivity contribution < 1.29 is 18.3 Å². The Hall–Kier alpha value is -3.06. The molecule has 0 radical (unpaired) electrons. The standard InChI is InChI=1S/C29H32F2N2O2/c1-34-28-14-4-23(5-15-28)3-2-16-32-17-19-33(20-18-32)21-22-35-29(24-6-10-26(30)11-7-24)25-8-12-27(31)13-9-25/h2-15,29H,16-22H2,1H3/b3-2+. The number of benzene rings is 3. The minimum absolute atomic E-state index is 0.289.